The molecule has 0 saturated carbocycles. The molecule has 4 rings (SSSR count). The van der Waals surface area contributed by atoms with Gasteiger partial charge in [0.25, 0.3) is 0 Å². The van der Waals surface area contributed by atoms with Crippen LogP contribution in [0.4, 0.5) is 9.93 Å². The molecular weight excluding hydrogens is 592 g/mol. The molecule has 1 aromatic carbocycles. The van der Waals surface area contributed by atoms with Crippen LogP contribution < -0.4 is 75.9 Å². The van der Waals surface area contributed by atoms with Crippen LogP contribution in [0.5, 0.6) is 0 Å². The van der Waals surface area contributed by atoms with E-state index in [0.717, 1.165) is 34.9 Å². The first-order valence-electron chi connectivity index (χ1n) is 10.6. The quantitative estimate of drug-likeness (QED) is 0.102. The molecule has 2 aliphatic heterocycles. The van der Waals surface area contributed by atoms with Gasteiger partial charge in [-0.25, -0.2) is 14.6 Å². The maximum absolute atomic E-state index is 13.4. The van der Waals surface area contributed by atoms with Crippen molar-refractivity contribution in [1.29, 1.82) is 0 Å². The van der Waals surface area contributed by atoms with Gasteiger partial charge in [-0.1, -0.05) is 12.1 Å². The van der Waals surface area contributed by atoms with E-state index in [9.17, 15) is 34.2 Å². The number of hydrogen-bond donors (Lipinski definition) is 5. The van der Waals surface area contributed by atoms with E-state index in [0.29, 0.717) is 10.6 Å². The van der Waals surface area contributed by atoms with Crippen molar-refractivity contribution >= 4 is 69.8 Å². The van der Waals surface area contributed by atoms with E-state index in [1.54, 1.807) is 23.6 Å². The number of nitrogen functional groups attached to an aromatic ring is 1. The number of carbonyl (C=O) groups is 5. The largest absolute Gasteiger partial charge is 1.00 e. The minimum Gasteiger partial charge on any atom is -1.00 e. The van der Waals surface area contributed by atoms with Gasteiger partial charge in [0, 0.05) is 22.6 Å². The predicted octanol–water partition coefficient (Wildman–Crippen LogP) is -4.94. The number of aromatic carboxylic acids is 1. The van der Waals surface area contributed by atoms with Crippen LogP contribution in [0.15, 0.2) is 34.5 Å². The number of carboxylic acid groups (broad SMARTS) is 2. The van der Waals surface area contributed by atoms with E-state index in [4.69, 9.17) is 16.2 Å². The van der Waals surface area contributed by atoms with Gasteiger partial charge in [-0.2, -0.15) is 0 Å². The van der Waals surface area contributed by atoms with Crippen molar-refractivity contribution in [3.8, 4) is 0 Å². The Morgan fingerprint density at radius 1 is 1.28 bits per heavy atom. The number of thioether (sulfide) groups is 2. The van der Waals surface area contributed by atoms with Crippen LogP contribution in [0.1, 0.15) is 24.2 Å². The summed E-state index contributed by atoms with van der Waals surface area (Å²) < 4.78 is 4.72. The third kappa shape index (κ3) is 7.23. The molecule has 3 unspecified atom stereocenters. The van der Waals surface area contributed by atoms with Crippen molar-refractivity contribution in [3.63, 3.8) is 0 Å². The number of ether oxygens (including phenoxy) is 1. The monoisotopic (exact) mass is 615 g/mol. The summed E-state index contributed by atoms with van der Waals surface area (Å²) >= 11 is 3.21. The zero-order valence-corrected chi connectivity index (χ0v) is 27.3. The summed E-state index contributed by atoms with van der Waals surface area (Å²) in [5.74, 6) is -3.47. The number of amides is 3. The Kier molecular flexibility index (Phi) is 12.0. The Labute approximate surface area is 281 Å². The van der Waals surface area contributed by atoms with E-state index in [2.05, 4.69) is 10.3 Å². The van der Waals surface area contributed by atoms with Gasteiger partial charge in [0.2, 0.25) is 11.8 Å². The topological polar surface area (TPSA) is 215 Å². The number of anilines is 1. The molecule has 39 heavy (non-hydrogen) atoms. The van der Waals surface area contributed by atoms with Gasteiger partial charge in [-0.3, -0.25) is 14.4 Å². The fourth-order valence-corrected chi connectivity index (χ4v) is 7.19. The van der Waals surface area contributed by atoms with Crippen LogP contribution in [0, 0.1) is 5.41 Å². The van der Waals surface area contributed by atoms with E-state index < -0.39 is 58.5 Å². The fourth-order valence-electron chi connectivity index (χ4n) is 3.89. The number of thiazole rings is 1. The van der Waals surface area contributed by atoms with Crippen molar-refractivity contribution in [1.82, 2.24) is 15.2 Å². The number of nitrogens with zero attached hydrogens (tertiary/aromatic N) is 2. The summed E-state index contributed by atoms with van der Waals surface area (Å²) in [5.41, 5.74) is 9.50. The van der Waals surface area contributed by atoms with Gasteiger partial charge in [0.15, 0.2) is 5.13 Å². The second-order valence-electron chi connectivity index (χ2n) is 8.26. The molecule has 2 saturated heterocycles. The summed E-state index contributed by atoms with van der Waals surface area (Å²) in [6, 6.07) is 5.25. The second kappa shape index (κ2) is 13.9. The van der Waals surface area contributed by atoms with E-state index in [1.807, 2.05) is 0 Å². The van der Waals surface area contributed by atoms with Crippen LogP contribution >= 0.6 is 34.9 Å². The first kappa shape index (κ1) is 33.7. The van der Waals surface area contributed by atoms with E-state index >= 15 is 0 Å². The van der Waals surface area contributed by atoms with Crippen molar-refractivity contribution in [2.75, 3.05) is 24.6 Å². The smallest absolute Gasteiger partial charge is 1.00 e. The average molecular weight is 616 g/mol. The number of aromatic nitrogens is 1. The van der Waals surface area contributed by atoms with E-state index in [1.165, 1.54) is 11.0 Å². The third-order valence-electron chi connectivity index (χ3n) is 5.80. The number of nitrogens with one attached hydrogen (secondary N) is 1. The number of carboxylic acids is 2. The Bertz CT molecular complexity index is 1300. The number of nitrogens with two attached hydrogens (primary N) is 2. The van der Waals surface area contributed by atoms with Crippen LogP contribution in [0.25, 0.3) is 0 Å². The van der Waals surface area contributed by atoms with Gasteiger partial charge in [0.1, 0.15) is 28.7 Å². The number of rotatable bonds is 9. The number of carbonyl (C=O) groups excluding carboxylic acids is 3. The van der Waals surface area contributed by atoms with Gasteiger partial charge >= 0.3 is 77.1 Å². The molecule has 200 valence electrons. The van der Waals surface area contributed by atoms with Gasteiger partial charge in [0.05, 0.1) is 11.3 Å². The summed E-state index contributed by atoms with van der Waals surface area (Å²) in [7, 11) is 0. The number of fused-ring (bicyclic) bond motifs is 1. The van der Waals surface area contributed by atoms with E-state index in [-0.39, 0.29) is 85.0 Å². The average Bonchev–Trinajstić information content (AvgIpc) is 3.29. The molecule has 0 bridgehead atoms. The maximum Gasteiger partial charge on any atom is 1.00 e. The summed E-state index contributed by atoms with van der Waals surface area (Å²) in [4.78, 5) is 66.7. The number of β-lactam (4-membered cyclic amide) rings is 1. The van der Waals surface area contributed by atoms with Crippen LogP contribution in [-0.2, 0) is 19.1 Å². The molecular formula is C21H23N5Na2O8S3. The second-order valence-corrected chi connectivity index (χ2v) is 11.4. The van der Waals surface area contributed by atoms with Crippen LogP contribution in [0.3, 0.4) is 0 Å². The van der Waals surface area contributed by atoms with Gasteiger partial charge in [-0.05, 0) is 12.1 Å². The first-order chi connectivity index (χ1) is 17.5. The molecule has 2 aliphatic rings. The minimum atomic E-state index is -1.53. The van der Waals surface area contributed by atoms with Gasteiger partial charge in [-0.15, -0.1) is 34.9 Å². The summed E-state index contributed by atoms with van der Waals surface area (Å²) in [6.07, 6.45) is -1.12. The number of primary amides is 1. The molecule has 1 aromatic heterocycles. The molecule has 0 aliphatic carbocycles. The predicted molar refractivity (Wildman–Crippen MR) is 136 cm³/mol. The molecule has 0 radical (unpaired) electrons. The number of aliphatic carboxylic acids is 1. The molecule has 3 heterocycles. The van der Waals surface area contributed by atoms with Gasteiger partial charge < -0.3 is 39.5 Å². The molecule has 0 spiro atoms. The SMILES string of the molecule is NC(=O)OCC1(C(=O)O)CS[C@@H]2C(NC(=O)C(Sc3ccccc3C(=O)O)c3csc(N)n3)C(=O)N2C1.[H-].[H-].[Na+].[Na+]. The first-order valence-corrected chi connectivity index (χ1v) is 13.4. The summed E-state index contributed by atoms with van der Waals surface area (Å²) in [6.45, 7) is -0.712. The Morgan fingerprint density at radius 3 is 2.56 bits per heavy atom. The minimum absolute atomic E-state index is 0. The molecule has 7 N–H and O–H groups in total. The van der Waals surface area contributed by atoms with Crippen molar-refractivity contribution < 1.29 is 101 Å². The van der Waals surface area contributed by atoms with Crippen molar-refractivity contribution in [2.45, 2.75) is 21.6 Å². The standard InChI is InChI=1S/C21H21N5O8S3.2Na.2H/c22-19-24-10(5-35-19)13(37-11-4-2-1-3-9(11)17(29)30)14(27)25-12-15(28)26-6-21(18(31)32,7-34-20(23)33)8-36-16(12)26;;;;/h1-5,12-13,16H,6-8H2,(H2,22,24)(H2,23,33)(H,25,27)(H,29,30)(H,31,32);;;;/q;2*+1;2*-1/t12?,13?,16-,21?;;;;/m1..../s1. The molecule has 18 heteroatoms. The molecule has 2 fully saturated rings. The molecule has 13 nitrogen and oxygen atoms in total. The van der Waals surface area contributed by atoms with Crippen molar-refractivity contribution in [3.05, 3.63) is 40.9 Å². The van der Waals surface area contributed by atoms with Crippen molar-refractivity contribution in [2.24, 2.45) is 11.1 Å². The maximum atomic E-state index is 13.4. The molecule has 4 atom stereocenters. The normalized spacial score (nSPS) is 22.2. The Hall–Kier alpha value is -1.50. The Balaban J connectivity index is 0.00000400. The fraction of sp³-hybridized carbons (Fsp3) is 0.333. The van der Waals surface area contributed by atoms with Crippen LogP contribution in [0.2, 0.25) is 0 Å². The zero-order valence-electron chi connectivity index (χ0n) is 22.9. The molecule has 3 amide bonds. The molecule has 2 aromatic rings. The zero-order chi connectivity index (χ0) is 26.9. The summed E-state index contributed by atoms with van der Waals surface area (Å²) in [5, 5.41) is 22.2. The van der Waals surface area contributed by atoms with Crippen LogP contribution in [-0.4, -0.2) is 80.3 Å². The number of benzene rings is 1. The Morgan fingerprint density at radius 2 is 1.97 bits per heavy atom. The third-order valence-corrected chi connectivity index (χ3v) is 9.38. The number of hydrogen-bond acceptors (Lipinski definition) is 11.